The third-order valence-electron chi connectivity index (χ3n) is 5.38. The van der Waals surface area contributed by atoms with Crippen molar-refractivity contribution in [1.82, 2.24) is 4.90 Å². The van der Waals surface area contributed by atoms with Gasteiger partial charge in [-0.3, -0.25) is 9.59 Å². The first kappa shape index (κ1) is 19.5. The molecule has 2 aliphatic heterocycles. The van der Waals surface area contributed by atoms with E-state index in [1.165, 1.54) is 0 Å². The summed E-state index contributed by atoms with van der Waals surface area (Å²) >= 11 is 1.59. The summed E-state index contributed by atoms with van der Waals surface area (Å²) in [5, 5.41) is 0. The molecule has 6 nitrogen and oxygen atoms in total. The lowest BCUT2D eigenvalue weighted by atomic mass is 10.0. The van der Waals surface area contributed by atoms with Crippen molar-refractivity contribution in [2.75, 3.05) is 19.5 Å². The van der Waals surface area contributed by atoms with Gasteiger partial charge in [-0.1, -0.05) is 30.3 Å². The van der Waals surface area contributed by atoms with E-state index >= 15 is 0 Å². The number of Topliss-reactive ketones (excluding diaryl/α,β-unsaturated/α-hetero) is 1. The van der Waals surface area contributed by atoms with Gasteiger partial charge in [-0.05, 0) is 36.2 Å². The molecule has 2 aliphatic rings. The number of benzene rings is 2. The summed E-state index contributed by atoms with van der Waals surface area (Å²) in [5.74, 6) is 0.214. The van der Waals surface area contributed by atoms with E-state index in [0.29, 0.717) is 29.9 Å². The lowest BCUT2D eigenvalue weighted by molar-refractivity contribution is -0.152. The lowest BCUT2D eigenvalue weighted by Gasteiger charge is -2.33. The molecule has 2 heterocycles. The van der Waals surface area contributed by atoms with Gasteiger partial charge in [-0.15, -0.1) is 11.8 Å². The van der Waals surface area contributed by atoms with Gasteiger partial charge in [-0.25, -0.2) is 4.79 Å². The normalized spacial score (nSPS) is 23.0. The minimum absolute atomic E-state index is 0.0534. The molecule has 0 radical (unpaired) electrons. The quantitative estimate of drug-likeness (QED) is 0.537. The van der Waals surface area contributed by atoms with Gasteiger partial charge in [0.2, 0.25) is 5.91 Å². The molecule has 150 valence electrons. The minimum Gasteiger partial charge on any atom is -0.497 e. The van der Waals surface area contributed by atoms with E-state index in [9.17, 15) is 14.4 Å². The number of thioether (sulfide) groups is 1. The van der Waals surface area contributed by atoms with Gasteiger partial charge in [-0.2, -0.15) is 0 Å². The first-order valence-electron chi connectivity index (χ1n) is 9.41. The first-order chi connectivity index (χ1) is 14.0. The van der Waals surface area contributed by atoms with Crippen LogP contribution in [0.3, 0.4) is 0 Å². The molecule has 0 aromatic heterocycles. The number of esters is 1. The molecule has 1 amide bonds. The number of amides is 1. The van der Waals surface area contributed by atoms with Crippen molar-refractivity contribution in [2.45, 2.75) is 23.8 Å². The fourth-order valence-electron chi connectivity index (χ4n) is 3.91. The third kappa shape index (κ3) is 3.51. The van der Waals surface area contributed by atoms with Crippen LogP contribution in [0.4, 0.5) is 0 Å². The van der Waals surface area contributed by atoms with Crippen molar-refractivity contribution < 1.29 is 23.9 Å². The molecule has 2 aromatic carbocycles. The van der Waals surface area contributed by atoms with E-state index in [4.69, 9.17) is 9.47 Å². The predicted octanol–water partition coefficient (Wildman–Crippen LogP) is 3.01. The molecule has 0 bridgehead atoms. The van der Waals surface area contributed by atoms with Gasteiger partial charge in [0.15, 0.2) is 12.4 Å². The van der Waals surface area contributed by atoms with E-state index in [0.717, 1.165) is 5.56 Å². The van der Waals surface area contributed by atoms with Crippen LogP contribution in [0.2, 0.25) is 0 Å². The zero-order valence-electron chi connectivity index (χ0n) is 16.0. The smallest absolute Gasteiger partial charge is 0.330 e. The number of ether oxygens (including phenoxy) is 2. The Balaban J connectivity index is 1.45. The average Bonchev–Trinajstić information content (AvgIpc) is 3.32. The summed E-state index contributed by atoms with van der Waals surface area (Å²) in [6, 6.07) is 15.7. The van der Waals surface area contributed by atoms with E-state index in [-0.39, 0.29) is 18.3 Å². The monoisotopic (exact) mass is 411 g/mol. The van der Waals surface area contributed by atoms with Crippen LogP contribution < -0.4 is 4.74 Å². The number of methoxy groups -OCH3 is 1. The summed E-state index contributed by atoms with van der Waals surface area (Å²) < 4.78 is 10.4. The van der Waals surface area contributed by atoms with E-state index in [1.54, 1.807) is 48.0 Å². The van der Waals surface area contributed by atoms with Crippen molar-refractivity contribution >= 4 is 29.4 Å². The highest BCUT2D eigenvalue weighted by Crippen LogP contribution is 2.54. The zero-order chi connectivity index (χ0) is 20.4. The Morgan fingerprint density at radius 1 is 1.14 bits per heavy atom. The Morgan fingerprint density at radius 2 is 1.86 bits per heavy atom. The van der Waals surface area contributed by atoms with Gasteiger partial charge >= 0.3 is 5.97 Å². The Hall–Kier alpha value is -2.80. The highest BCUT2D eigenvalue weighted by molar-refractivity contribution is 8.00. The maximum atomic E-state index is 12.7. The molecule has 4 rings (SSSR count). The van der Waals surface area contributed by atoms with Gasteiger partial charge in [0, 0.05) is 17.7 Å². The number of hydrogen-bond acceptors (Lipinski definition) is 6. The molecule has 2 atom stereocenters. The Bertz CT molecular complexity index is 930. The van der Waals surface area contributed by atoms with Gasteiger partial charge in [0.25, 0.3) is 0 Å². The molecule has 0 saturated carbocycles. The van der Waals surface area contributed by atoms with Gasteiger partial charge in [0.1, 0.15) is 16.7 Å². The molecule has 29 heavy (non-hydrogen) atoms. The van der Waals surface area contributed by atoms with Crippen molar-refractivity contribution in [3.8, 4) is 5.75 Å². The molecule has 0 aliphatic carbocycles. The number of carbonyl (C=O) groups excluding carboxylic acids is 3. The number of fused-ring (bicyclic) bond motifs is 1. The zero-order valence-corrected chi connectivity index (χ0v) is 16.8. The van der Waals surface area contributed by atoms with Crippen LogP contribution >= 0.6 is 11.8 Å². The van der Waals surface area contributed by atoms with Crippen molar-refractivity contribution in [3.63, 3.8) is 0 Å². The molecule has 2 saturated heterocycles. The lowest BCUT2D eigenvalue weighted by Crippen LogP contribution is -2.47. The van der Waals surface area contributed by atoms with Crippen molar-refractivity contribution in [2.24, 2.45) is 0 Å². The maximum Gasteiger partial charge on any atom is 0.330 e. The summed E-state index contributed by atoms with van der Waals surface area (Å²) in [6.45, 7) is -0.354. The number of ketones is 1. The van der Waals surface area contributed by atoms with Gasteiger partial charge in [0.05, 0.1) is 7.11 Å². The minimum atomic E-state index is -0.682. The van der Waals surface area contributed by atoms with Crippen LogP contribution in [0.5, 0.6) is 5.75 Å². The van der Waals surface area contributed by atoms with E-state index in [2.05, 4.69) is 0 Å². The molecule has 0 N–H and O–H groups in total. The number of rotatable bonds is 6. The fraction of sp³-hybridized carbons (Fsp3) is 0.318. The van der Waals surface area contributed by atoms with Crippen molar-refractivity contribution in [3.05, 3.63) is 65.7 Å². The van der Waals surface area contributed by atoms with Crippen molar-refractivity contribution in [1.29, 1.82) is 0 Å². The number of hydrogen-bond donors (Lipinski definition) is 0. The number of nitrogens with zero attached hydrogens (tertiary/aromatic N) is 1. The largest absolute Gasteiger partial charge is 0.497 e. The Morgan fingerprint density at radius 3 is 2.55 bits per heavy atom. The average molecular weight is 411 g/mol. The van der Waals surface area contributed by atoms with Crippen LogP contribution in [-0.2, 0) is 19.2 Å². The third-order valence-corrected chi connectivity index (χ3v) is 6.98. The van der Waals surface area contributed by atoms with Crippen LogP contribution in [0.1, 0.15) is 28.8 Å². The molecular formula is C22H21NO5S. The van der Waals surface area contributed by atoms with Crippen LogP contribution in [0, 0.1) is 0 Å². The highest BCUT2D eigenvalue weighted by Gasteiger charge is 2.57. The predicted molar refractivity (Wildman–Crippen MR) is 109 cm³/mol. The molecule has 0 spiro atoms. The summed E-state index contributed by atoms with van der Waals surface area (Å²) in [4.78, 5) is 38.8. The summed E-state index contributed by atoms with van der Waals surface area (Å²) in [5.41, 5.74) is 1.45. The summed E-state index contributed by atoms with van der Waals surface area (Å²) in [7, 11) is 1.55. The fourth-order valence-corrected chi connectivity index (χ4v) is 5.55. The second-order valence-corrected chi connectivity index (χ2v) is 8.30. The van der Waals surface area contributed by atoms with E-state index in [1.807, 2.05) is 30.3 Å². The SMILES string of the molecule is COc1ccc(C(=O)COC(=O)[C@@H]2CS[C@]3(c4ccccc4)CCC(=O)N23)cc1. The van der Waals surface area contributed by atoms with Crippen LogP contribution in [0.25, 0.3) is 0 Å². The Labute approximate surface area is 173 Å². The van der Waals surface area contributed by atoms with Gasteiger partial charge < -0.3 is 14.4 Å². The standard InChI is InChI=1S/C22H21NO5S/c1-27-17-9-7-15(8-10-17)19(24)13-28-21(26)18-14-29-22(12-11-20(25)23(18)22)16-5-3-2-4-6-16/h2-10,18H,11-14H2,1H3/t18-,22-/m0/s1. The van der Waals surface area contributed by atoms with E-state index < -0.39 is 16.9 Å². The number of carbonyl (C=O) groups is 3. The second kappa shape index (κ2) is 7.91. The second-order valence-electron chi connectivity index (χ2n) is 7.00. The van der Waals surface area contributed by atoms with Crippen LogP contribution in [0.15, 0.2) is 54.6 Å². The molecule has 0 unspecified atom stereocenters. The molecule has 7 heteroatoms. The van der Waals surface area contributed by atoms with Crippen LogP contribution in [-0.4, -0.2) is 48.1 Å². The molecular weight excluding hydrogens is 390 g/mol. The highest BCUT2D eigenvalue weighted by atomic mass is 32.2. The molecule has 2 fully saturated rings. The summed E-state index contributed by atoms with van der Waals surface area (Å²) in [6.07, 6.45) is 1.06. The topological polar surface area (TPSA) is 72.9 Å². The Kier molecular flexibility index (Phi) is 5.32. The maximum absolute atomic E-state index is 12.7. The first-order valence-corrected chi connectivity index (χ1v) is 10.4. The molecule has 2 aromatic rings.